The molecule has 1 aliphatic heterocycles. The van der Waals surface area contributed by atoms with Crippen LogP contribution in [-0.4, -0.2) is 58.8 Å². The van der Waals surface area contributed by atoms with Crippen LogP contribution in [0.25, 0.3) is 0 Å². The van der Waals surface area contributed by atoms with Crippen molar-refractivity contribution in [1.82, 2.24) is 9.80 Å². The van der Waals surface area contributed by atoms with E-state index in [9.17, 15) is 14.4 Å². The first-order valence-corrected chi connectivity index (χ1v) is 6.62. The van der Waals surface area contributed by atoms with Gasteiger partial charge in [0.2, 0.25) is 5.91 Å². The molecule has 2 rings (SSSR count). The monoisotopic (exact) mass is 291 g/mol. The molecule has 0 radical (unpaired) electrons. The minimum Gasteiger partial charge on any atom is -0.508 e. The number of hydrogen-bond donors (Lipinski definition) is 2. The summed E-state index contributed by atoms with van der Waals surface area (Å²) in [5, 5.41) is 11.6. The number of phenolic OH excluding ortho intramolecular Hbond substituents is 1. The summed E-state index contributed by atoms with van der Waals surface area (Å²) in [6.07, 6.45) is 0. The van der Waals surface area contributed by atoms with Crippen molar-refractivity contribution >= 4 is 23.4 Å². The summed E-state index contributed by atoms with van der Waals surface area (Å²) < 4.78 is 0. The number of anilines is 1. The molecule has 0 unspecified atom stereocenters. The van der Waals surface area contributed by atoms with E-state index in [4.69, 9.17) is 5.11 Å². The topological polar surface area (TPSA) is 90.0 Å². The zero-order valence-electron chi connectivity index (χ0n) is 11.7. The van der Waals surface area contributed by atoms with Crippen LogP contribution in [0.4, 0.5) is 5.69 Å². The van der Waals surface area contributed by atoms with Crippen LogP contribution < -0.4 is 5.32 Å². The standard InChI is InChI=1S/C14H17N3O4/c1-10(18)16-6-8-17(9-7-16)14(21)13(20)15-11-2-4-12(19)5-3-11/h2-5,19H,6-9H2,1H3,(H,15,20). The second-order valence-corrected chi connectivity index (χ2v) is 4.80. The molecular formula is C14H17N3O4. The molecule has 0 spiro atoms. The Hall–Kier alpha value is -2.57. The van der Waals surface area contributed by atoms with Crippen molar-refractivity contribution in [2.24, 2.45) is 0 Å². The van der Waals surface area contributed by atoms with Crippen LogP contribution in [0.15, 0.2) is 24.3 Å². The maximum absolute atomic E-state index is 12.0. The molecule has 0 aliphatic carbocycles. The quantitative estimate of drug-likeness (QED) is 0.564. The Balaban J connectivity index is 1.90. The number of nitrogens with zero attached hydrogens (tertiary/aromatic N) is 2. The number of hydrogen-bond acceptors (Lipinski definition) is 4. The Labute approximate surface area is 122 Å². The summed E-state index contributed by atoms with van der Waals surface area (Å²) >= 11 is 0. The first kappa shape index (κ1) is 14.8. The zero-order chi connectivity index (χ0) is 15.4. The lowest BCUT2D eigenvalue weighted by Gasteiger charge is -2.33. The molecule has 21 heavy (non-hydrogen) atoms. The molecule has 1 saturated heterocycles. The number of carbonyl (C=O) groups is 3. The Morgan fingerprint density at radius 3 is 2.05 bits per heavy atom. The van der Waals surface area contributed by atoms with Gasteiger partial charge in [0.1, 0.15) is 5.75 Å². The summed E-state index contributed by atoms with van der Waals surface area (Å²) in [5.41, 5.74) is 0.438. The lowest BCUT2D eigenvalue weighted by molar-refractivity contribution is -0.145. The Morgan fingerprint density at radius 2 is 1.52 bits per heavy atom. The zero-order valence-corrected chi connectivity index (χ0v) is 11.7. The van der Waals surface area contributed by atoms with Crippen LogP contribution in [0.2, 0.25) is 0 Å². The molecule has 7 nitrogen and oxygen atoms in total. The third-order valence-electron chi connectivity index (χ3n) is 3.33. The molecule has 1 aliphatic rings. The summed E-state index contributed by atoms with van der Waals surface area (Å²) in [4.78, 5) is 38.1. The fourth-order valence-electron chi connectivity index (χ4n) is 2.10. The van der Waals surface area contributed by atoms with E-state index in [1.165, 1.54) is 36.1 Å². The lowest BCUT2D eigenvalue weighted by atomic mass is 10.2. The number of aromatic hydroxyl groups is 1. The van der Waals surface area contributed by atoms with Gasteiger partial charge in [-0.15, -0.1) is 0 Å². The van der Waals surface area contributed by atoms with E-state index in [0.717, 1.165) is 0 Å². The summed E-state index contributed by atoms with van der Waals surface area (Å²) in [5.74, 6) is -1.29. The van der Waals surface area contributed by atoms with Gasteiger partial charge in [0.25, 0.3) is 0 Å². The maximum atomic E-state index is 12.0. The van der Waals surface area contributed by atoms with Crippen LogP contribution in [0.3, 0.4) is 0 Å². The number of phenols is 1. The number of benzene rings is 1. The van der Waals surface area contributed by atoms with Crippen molar-refractivity contribution in [2.75, 3.05) is 31.5 Å². The van der Waals surface area contributed by atoms with Crippen molar-refractivity contribution in [1.29, 1.82) is 0 Å². The van der Waals surface area contributed by atoms with Crippen LogP contribution in [0, 0.1) is 0 Å². The molecule has 0 aromatic heterocycles. The smallest absolute Gasteiger partial charge is 0.313 e. The second-order valence-electron chi connectivity index (χ2n) is 4.80. The SMILES string of the molecule is CC(=O)N1CCN(C(=O)C(=O)Nc2ccc(O)cc2)CC1. The second kappa shape index (κ2) is 6.25. The van der Waals surface area contributed by atoms with Gasteiger partial charge in [0.15, 0.2) is 0 Å². The van der Waals surface area contributed by atoms with Gasteiger partial charge in [0.05, 0.1) is 0 Å². The molecule has 7 heteroatoms. The van der Waals surface area contributed by atoms with E-state index < -0.39 is 11.8 Å². The average Bonchev–Trinajstić information content (AvgIpc) is 2.49. The van der Waals surface area contributed by atoms with Gasteiger partial charge in [-0.1, -0.05) is 0 Å². The van der Waals surface area contributed by atoms with E-state index >= 15 is 0 Å². The maximum Gasteiger partial charge on any atom is 0.313 e. The Kier molecular flexibility index (Phi) is 4.42. The Bertz CT molecular complexity index is 548. The minimum atomic E-state index is -0.725. The number of carbonyl (C=O) groups excluding carboxylic acids is 3. The molecule has 0 atom stereocenters. The van der Waals surface area contributed by atoms with Gasteiger partial charge in [-0.05, 0) is 24.3 Å². The predicted octanol–water partition coefficient (Wildman–Crippen LogP) is 0.0214. The molecule has 2 N–H and O–H groups in total. The van der Waals surface area contributed by atoms with Crippen LogP contribution in [-0.2, 0) is 14.4 Å². The van der Waals surface area contributed by atoms with E-state index in [-0.39, 0.29) is 11.7 Å². The molecule has 3 amide bonds. The summed E-state index contributed by atoms with van der Waals surface area (Å²) in [6, 6.07) is 5.86. The molecule has 1 aromatic rings. The highest BCUT2D eigenvalue weighted by Crippen LogP contribution is 2.14. The number of amides is 3. The van der Waals surface area contributed by atoms with Crippen LogP contribution in [0.1, 0.15) is 6.92 Å². The number of rotatable bonds is 1. The van der Waals surface area contributed by atoms with Crippen molar-refractivity contribution in [3.8, 4) is 5.75 Å². The van der Waals surface area contributed by atoms with E-state index in [2.05, 4.69) is 5.32 Å². The van der Waals surface area contributed by atoms with Gasteiger partial charge in [-0.3, -0.25) is 14.4 Å². The van der Waals surface area contributed by atoms with Crippen LogP contribution in [0.5, 0.6) is 5.75 Å². The van der Waals surface area contributed by atoms with Crippen molar-refractivity contribution in [2.45, 2.75) is 6.92 Å². The largest absolute Gasteiger partial charge is 0.508 e. The number of piperazine rings is 1. The van der Waals surface area contributed by atoms with Crippen LogP contribution >= 0.6 is 0 Å². The molecule has 1 fully saturated rings. The van der Waals surface area contributed by atoms with Gasteiger partial charge < -0.3 is 20.2 Å². The average molecular weight is 291 g/mol. The predicted molar refractivity (Wildman–Crippen MR) is 75.6 cm³/mol. The lowest BCUT2D eigenvalue weighted by Crippen LogP contribution is -2.52. The number of nitrogens with one attached hydrogen (secondary N) is 1. The van der Waals surface area contributed by atoms with Crippen molar-refractivity contribution < 1.29 is 19.5 Å². The molecule has 0 saturated carbocycles. The first-order valence-electron chi connectivity index (χ1n) is 6.62. The Morgan fingerprint density at radius 1 is 1.00 bits per heavy atom. The van der Waals surface area contributed by atoms with E-state index in [1.807, 2.05) is 0 Å². The molecule has 1 aromatic carbocycles. The summed E-state index contributed by atoms with van der Waals surface area (Å²) in [7, 11) is 0. The van der Waals surface area contributed by atoms with E-state index in [0.29, 0.717) is 31.9 Å². The minimum absolute atomic E-state index is 0.0318. The molecular weight excluding hydrogens is 274 g/mol. The summed E-state index contributed by atoms with van der Waals surface area (Å²) in [6.45, 7) is 3.05. The van der Waals surface area contributed by atoms with Gasteiger partial charge in [-0.25, -0.2) is 0 Å². The van der Waals surface area contributed by atoms with Gasteiger partial charge in [-0.2, -0.15) is 0 Å². The molecule has 112 valence electrons. The van der Waals surface area contributed by atoms with Crippen molar-refractivity contribution in [3.05, 3.63) is 24.3 Å². The van der Waals surface area contributed by atoms with Crippen molar-refractivity contribution in [3.63, 3.8) is 0 Å². The molecule has 0 bridgehead atoms. The van der Waals surface area contributed by atoms with Gasteiger partial charge in [0, 0.05) is 38.8 Å². The normalized spacial score (nSPS) is 14.7. The third-order valence-corrected chi connectivity index (χ3v) is 3.33. The fourth-order valence-corrected chi connectivity index (χ4v) is 2.10. The highest BCUT2D eigenvalue weighted by Gasteiger charge is 2.26. The van der Waals surface area contributed by atoms with E-state index in [1.54, 1.807) is 4.90 Å². The molecule has 1 heterocycles. The third kappa shape index (κ3) is 3.71. The highest BCUT2D eigenvalue weighted by molar-refractivity contribution is 6.39. The fraction of sp³-hybridized carbons (Fsp3) is 0.357. The van der Waals surface area contributed by atoms with Gasteiger partial charge >= 0.3 is 11.8 Å². The highest BCUT2D eigenvalue weighted by atomic mass is 16.3. The first-order chi connectivity index (χ1) is 9.97.